The fraction of sp³-hybridized carbons (Fsp3) is 0.875. The Morgan fingerprint density at radius 1 is 1.33 bits per heavy atom. The molecule has 0 saturated carbocycles. The molecule has 12 heavy (non-hydrogen) atoms. The molecule has 1 saturated heterocycles. The van der Waals surface area contributed by atoms with E-state index >= 15 is 0 Å². The van der Waals surface area contributed by atoms with Crippen LogP contribution < -0.4 is 5.73 Å². The Balaban J connectivity index is 2.65. The predicted molar refractivity (Wildman–Crippen MR) is 47.8 cm³/mol. The molecule has 1 fully saturated rings. The third kappa shape index (κ3) is 1.53. The normalized spacial score (nSPS) is 32.1. The lowest BCUT2D eigenvalue weighted by atomic mass is 10.1. The van der Waals surface area contributed by atoms with Crippen molar-refractivity contribution < 1.29 is 4.79 Å². The topological polar surface area (TPSA) is 49.6 Å². The van der Waals surface area contributed by atoms with Crippen LogP contribution in [0.25, 0.3) is 0 Å². The molecule has 0 bridgehead atoms. The highest BCUT2D eigenvalue weighted by Gasteiger charge is 2.29. The maximum absolute atomic E-state index is 10.9. The average Bonchev–Trinajstić information content (AvgIpc) is 2.00. The summed E-state index contributed by atoms with van der Waals surface area (Å²) in [5, 5.41) is 0. The number of carbonyl (C=O) groups excluding carboxylic acids is 1. The number of nitrogens with zero attached hydrogens (tertiary/aromatic N) is 2. The zero-order chi connectivity index (χ0) is 9.30. The lowest BCUT2D eigenvalue weighted by Crippen LogP contribution is -2.58. The van der Waals surface area contributed by atoms with Crippen molar-refractivity contribution in [2.75, 3.05) is 20.1 Å². The van der Waals surface area contributed by atoms with Gasteiger partial charge in [-0.05, 0) is 20.9 Å². The fourth-order valence-corrected chi connectivity index (χ4v) is 1.61. The van der Waals surface area contributed by atoms with Crippen molar-refractivity contribution in [3.05, 3.63) is 0 Å². The van der Waals surface area contributed by atoms with Crippen molar-refractivity contribution >= 4 is 6.03 Å². The molecule has 4 nitrogen and oxygen atoms in total. The second kappa shape index (κ2) is 3.31. The first-order valence-corrected chi connectivity index (χ1v) is 4.30. The molecule has 0 aliphatic carbocycles. The fourth-order valence-electron chi connectivity index (χ4n) is 1.61. The standard InChI is InChI=1S/C8H17N3O/c1-6-7(2)11(8(9)12)5-4-10(6)3/h6-7H,4-5H2,1-3H3,(H2,9,12). The van der Waals surface area contributed by atoms with Gasteiger partial charge in [0.15, 0.2) is 0 Å². The van der Waals surface area contributed by atoms with Crippen LogP contribution in [0, 0.1) is 0 Å². The van der Waals surface area contributed by atoms with E-state index < -0.39 is 0 Å². The zero-order valence-electron chi connectivity index (χ0n) is 7.95. The van der Waals surface area contributed by atoms with Crippen molar-refractivity contribution in [1.29, 1.82) is 0 Å². The summed E-state index contributed by atoms with van der Waals surface area (Å²) < 4.78 is 0. The molecule has 0 aromatic heterocycles. The molecule has 1 aliphatic heterocycles. The third-order valence-electron chi connectivity index (χ3n) is 2.86. The number of nitrogens with two attached hydrogens (primary N) is 1. The monoisotopic (exact) mass is 171 g/mol. The molecule has 2 N–H and O–H groups in total. The van der Waals surface area contributed by atoms with Crippen molar-refractivity contribution in [3.63, 3.8) is 0 Å². The number of hydrogen-bond donors (Lipinski definition) is 1. The lowest BCUT2D eigenvalue weighted by molar-refractivity contribution is 0.0778. The van der Waals surface area contributed by atoms with Gasteiger partial charge >= 0.3 is 6.03 Å². The number of hydrogen-bond acceptors (Lipinski definition) is 2. The highest BCUT2D eigenvalue weighted by Crippen LogP contribution is 2.14. The first-order chi connectivity index (χ1) is 5.54. The van der Waals surface area contributed by atoms with Gasteiger partial charge < -0.3 is 10.6 Å². The van der Waals surface area contributed by atoms with E-state index in [9.17, 15) is 4.79 Å². The molecule has 0 aromatic rings. The minimum atomic E-state index is -0.303. The molecule has 4 heteroatoms. The summed E-state index contributed by atoms with van der Waals surface area (Å²) in [4.78, 5) is 14.9. The molecule has 0 spiro atoms. The first-order valence-electron chi connectivity index (χ1n) is 4.30. The molecule has 1 aliphatic rings. The number of likely N-dealkylation sites (N-methyl/N-ethyl adjacent to an activating group) is 1. The van der Waals surface area contributed by atoms with Crippen LogP contribution in [0.2, 0.25) is 0 Å². The Labute approximate surface area is 73.3 Å². The molecule has 2 atom stereocenters. The highest BCUT2D eigenvalue weighted by molar-refractivity contribution is 5.72. The molecule has 1 rings (SSSR count). The molecule has 1 heterocycles. The van der Waals surface area contributed by atoms with Crippen LogP contribution in [0.5, 0.6) is 0 Å². The largest absolute Gasteiger partial charge is 0.351 e. The Kier molecular flexibility index (Phi) is 2.57. The van der Waals surface area contributed by atoms with Gasteiger partial charge in [-0.3, -0.25) is 4.90 Å². The van der Waals surface area contributed by atoms with E-state index in [0.717, 1.165) is 13.1 Å². The van der Waals surface area contributed by atoms with Gasteiger partial charge in [0, 0.05) is 25.2 Å². The van der Waals surface area contributed by atoms with Gasteiger partial charge in [-0.25, -0.2) is 4.79 Å². The smallest absolute Gasteiger partial charge is 0.315 e. The van der Waals surface area contributed by atoms with Crippen molar-refractivity contribution in [3.8, 4) is 0 Å². The van der Waals surface area contributed by atoms with Crippen LogP contribution in [0.3, 0.4) is 0 Å². The maximum Gasteiger partial charge on any atom is 0.315 e. The molecule has 2 amide bonds. The van der Waals surface area contributed by atoms with E-state index in [1.54, 1.807) is 4.90 Å². The molecular weight excluding hydrogens is 154 g/mol. The summed E-state index contributed by atoms with van der Waals surface area (Å²) in [6.07, 6.45) is 0. The Bertz CT molecular complexity index is 183. The van der Waals surface area contributed by atoms with E-state index in [0.29, 0.717) is 6.04 Å². The van der Waals surface area contributed by atoms with Crippen LogP contribution in [0.1, 0.15) is 13.8 Å². The number of piperazine rings is 1. The molecule has 0 aromatic carbocycles. The van der Waals surface area contributed by atoms with E-state index in [-0.39, 0.29) is 12.1 Å². The van der Waals surface area contributed by atoms with E-state index in [4.69, 9.17) is 5.73 Å². The minimum absolute atomic E-state index is 0.223. The van der Waals surface area contributed by atoms with Crippen molar-refractivity contribution in [1.82, 2.24) is 9.80 Å². The van der Waals surface area contributed by atoms with Gasteiger partial charge in [0.2, 0.25) is 0 Å². The van der Waals surface area contributed by atoms with Gasteiger partial charge in [0.05, 0.1) is 0 Å². The number of primary amides is 1. The second-order valence-electron chi connectivity index (χ2n) is 3.49. The first kappa shape index (κ1) is 9.32. The molecular formula is C8H17N3O. The van der Waals surface area contributed by atoms with Crippen LogP contribution in [-0.4, -0.2) is 48.1 Å². The van der Waals surface area contributed by atoms with Gasteiger partial charge in [-0.15, -0.1) is 0 Å². The molecule has 2 unspecified atom stereocenters. The number of urea groups is 1. The van der Waals surface area contributed by atoms with E-state index in [2.05, 4.69) is 18.9 Å². The minimum Gasteiger partial charge on any atom is -0.351 e. The second-order valence-corrected chi connectivity index (χ2v) is 3.49. The summed E-state index contributed by atoms with van der Waals surface area (Å²) in [7, 11) is 2.07. The van der Waals surface area contributed by atoms with E-state index in [1.807, 2.05) is 6.92 Å². The summed E-state index contributed by atoms with van der Waals surface area (Å²) in [5.41, 5.74) is 5.23. The third-order valence-corrected chi connectivity index (χ3v) is 2.86. The molecule has 70 valence electrons. The van der Waals surface area contributed by atoms with Crippen LogP contribution >= 0.6 is 0 Å². The Hall–Kier alpha value is -0.770. The predicted octanol–water partition coefficient (Wildman–Crippen LogP) is 0.0895. The Morgan fingerprint density at radius 2 is 1.92 bits per heavy atom. The van der Waals surface area contributed by atoms with Crippen molar-refractivity contribution in [2.45, 2.75) is 25.9 Å². The highest BCUT2D eigenvalue weighted by atomic mass is 16.2. The zero-order valence-corrected chi connectivity index (χ0v) is 7.95. The van der Waals surface area contributed by atoms with E-state index in [1.165, 1.54) is 0 Å². The number of amides is 2. The average molecular weight is 171 g/mol. The summed E-state index contributed by atoms with van der Waals surface area (Å²) in [5.74, 6) is 0. The van der Waals surface area contributed by atoms with Crippen LogP contribution in [-0.2, 0) is 0 Å². The maximum atomic E-state index is 10.9. The summed E-state index contributed by atoms with van der Waals surface area (Å²) in [6.45, 7) is 5.80. The SMILES string of the molecule is CC1C(C)N(C(N)=O)CCN1C. The number of carbonyl (C=O) groups is 1. The van der Waals surface area contributed by atoms with Crippen LogP contribution in [0.15, 0.2) is 0 Å². The van der Waals surface area contributed by atoms with Gasteiger partial charge in [-0.1, -0.05) is 0 Å². The quantitative estimate of drug-likeness (QED) is 0.561. The van der Waals surface area contributed by atoms with Crippen molar-refractivity contribution in [2.24, 2.45) is 5.73 Å². The Morgan fingerprint density at radius 3 is 2.42 bits per heavy atom. The summed E-state index contributed by atoms with van der Waals surface area (Å²) >= 11 is 0. The number of rotatable bonds is 0. The van der Waals surface area contributed by atoms with Gasteiger partial charge in [-0.2, -0.15) is 0 Å². The van der Waals surface area contributed by atoms with Gasteiger partial charge in [0.1, 0.15) is 0 Å². The van der Waals surface area contributed by atoms with Crippen LogP contribution in [0.4, 0.5) is 4.79 Å². The summed E-state index contributed by atoms with van der Waals surface area (Å²) in [6, 6.07) is 0.315. The molecule has 0 radical (unpaired) electrons. The van der Waals surface area contributed by atoms with Gasteiger partial charge in [0.25, 0.3) is 0 Å². The lowest BCUT2D eigenvalue weighted by Gasteiger charge is -2.42.